The zero-order valence-corrected chi connectivity index (χ0v) is 23.4. The summed E-state index contributed by atoms with van der Waals surface area (Å²) in [6.45, 7) is 9.24. The first-order chi connectivity index (χ1) is 17.3. The molecule has 198 valence electrons. The molecular weight excluding hydrogens is 510 g/mol. The van der Waals surface area contributed by atoms with Gasteiger partial charge in [-0.25, -0.2) is 13.2 Å². The van der Waals surface area contributed by atoms with Crippen LogP contribution in [0.1, 0.15) is 37.5 Å². The van der Waals surface area contributed by atoms with Gasteiger partial charge in [-0.2, -0.15) is 4.99 Å². The second-order valence-corrected chi connectivity index (χ2v) is 13.9. The quantitative estimate of drug-likeness (QED) is 0.607. The normalized spacial score (nSPS) is 22.5. The number of anilines is 1. The number of fused-ring (bicyclic) bond motifs is 1. The van der Waals surface area contributed by atoms with Gasteiger partial charge in [0.1, 0.15) is 11.6 Å². The van der Waals surface area contributed by atoms with E-state index in [0.29, 0.717) is 5.17 Å². The first kappa shape index (κ1) is 27.2. The number of aliphatic imine (C=N–C) groups is 1. The molecule has 0 aromatic heterocycles. The van der Waals surface area contributed by atoms with Crippen molar-refractivity contribution in [2.45, 2.75) is 64.0 Å². The van der Waals surface area contributed by atoms with Crippen LogP contribution in [0.25, 0.3) is 0 Å². The Morgan fingerprint density at radius 2 is 1.81 bits per heavy atom. The average Bonchev–Trinajstić information content (AvgIpc) is 3.25. The third-order valence-electron chi connectivity index (χ3n) is 6.38. The highest BCUT2D eigenvalue weighted by Crippen LogP contribution is 2.42. The molecule has 8 nitrogen and oxygen atoms in total. The number of benzene rings is 2. The van der Waals surface area contributed by atoms with E-state index in [0.717, 1.165) is 22.4 Å². The highest BCUT2D eigenvalue weighted by atomic mass is 32.2. The summed E-state index contributed by atoms with van der Waals surface area (Å²) >= 11 is 1.31. The number of amides is 2. The second kappa shape index (κ2) is 10.5. The van der Waals surface area contributed by atoms with Crippen LogP contribution in [-0.4, -0.2) is 60.0 Å². The fourth-order valence-electron chi connectivity index (χ4n) is 4.51. The summed E-state index contributed by atoms with van der Waals surface area (Å²) in [5.41, 5.74) is 3.04. The molecule has 0 unspecified atom stereocenters. The van der Waals surface area contributed by atoms with E-state index in [1.54, 1.807) is 20.8 Å². The van der Waals surface area contributed by atoms with E-state index >= 15 is 0 Å². The van der Waals surface area contributed by atoms with Gasteiger partial charge >= 0.3 is 6.09 Å². The zero-order valence-electron chi connectivity index (χ0n) is 21.7. The van der Waals surface area contributed by atoms with Gasteiger partial charge in [0.25, 0.3) is 5.91 Å². The van der Waals surface area contributed by atoms with Crippen molar-refractivity contribution in [3.63, 3.8) is 0 Å². The summed E-state index contributed by atoms with van der Waals surface area (Å²) < 4.78 is 30.3. The van der Waals surface area contributed by atoms with E-state index in [1.807, 2.05) is 67.3 Å². The maximum Gasteiger partial charge on any atom is 0.408 e. The molecular formula is C27H33N3O5S2. The second-order valence-electron chi connectivity index (χ2n) is 10.5. The van der Waals surface area contributed by atoms with Crippen LogP contribution in [0.3, 0.4) is 0 Å². The minimum Gasteiger partial charge on any atom is -0.444 e. The highest BCUT2D eigenvalue weighted by molar-refractivity contribution is 8.16. The molecule has 37 heavy (non-hydrogen) atoms. The number of carbonyl (C=O) groups is 2. The van der Waals surface area contributed by atoms with Crippen LogP contribution >= 0.6 is 11.8 Å². The first-order valence-electron chi connectivity index (χ1n) is 12.2. The molecule has 0 bridgehead atoms. The van der Waals surface area contributed by atoms with Crippen LogP contribution in [-0.2, 0) is 25.8 Å². The standard InChI is InChI=1S/C27H33N3O5S2/c1-17-10-9-13-21(18(17)2)30-22-15-37(33,34)16-23(22)36-25(30)29-24(31)20(14-19-11-7-6-8-12-19)28-26(32)35-27(3,4)5/h6-13,20,22-23H,14-16H2,1-5H3,(H,28,32)/t20-,22-,23+/m1/s1. The lowest BCUT2D eigenvalue weighted by Gasteiger charge is -2.27. The smallest absolute Gasteiger partial charge is 0.408 e. The Morgan fingerprint density at radius 3 is 2.49 bits per heavy atom. The summed E-state index contributed by atoms with van der Waals surface area (Å²) in [6, 6.07) is 14.0. The summed E-state index contributed by atoms with van der Waals surface area (Å²) in [7, 11) is -3.19. The van der Waals surface area contributed by atoms with Crippen molar-refractivity contribution < 1.29 is 22.7 Å². The maximum atomic E-state index is 13.6. The van der Waals surface area contributed by atoms with Gasteiger partial charge in [-0.05, 0) is 57.4 Å². The number of sulfone groups is 1. The van der Waals surface area contributed by atoms with Gasteiger partial charge in [-0.15, -0.1) is 0 Å². The minimum absolute atomic E-state index is 0.00879. The van der Waals surface area contributed by atoms with E-state index in [9.17, 15) is 18.0 Å². The van der Waals surface area contributed by atoms with Crippen molar-refractivity contribution in [3.8, 4) is 0 Å². The molecule has 2 saturated heterocycles. The van der Waals surface area contributed by atoms with Gasteiger partial charge in [-0.3, -0.25) is 4.79 Å². The molecule has 2 aromatic rings. The van der Waals surface area contributed by atoms with Crippen LogP contribution in [0.4, 0.5) is 10.5 Å². The van der Waals surface area contributed by atoms with E-state index in [-0.39, 0.29) is 29.2 Å². The fourth-order valence-corrected chi connectivity index (χ4v) is 8.43. The molecule has 0 spiro atoms. The Hall–Kier alpha value is -2.85. The van der Waals surface area contributed by atoms with E-state index < -0.39 is 33.5 Å². The number of amidine groups is 1. The minimum atomic E-state index is -3.19. The van der Waals surface area contributed by atoms with Crippen molar-refractivity contribution in [2.24, 2.45) is 4.99 Å². The number of carbonyl (C=O) groups excluding carboxylic acids is 2. The molecule has 10 heteroatoms. The molecule has 2 aromatic carbocycles. The summed E-state index contributed by atoms with van der Waals surface area (Å²) in [4.78, 5) is 32.5. The molecule has 2 aliphatic heterocycles. The Kier molecular flexibility index (Phi) is 7.71. The number of nitrogens with one attached hydrogen (secondary N) is 1. The van der Waals surface area contributed by atoms with Gasteiger partial charge < -0.3 is 15.0 Å². The Morgan fingerprint density at radius 1 is 1.11 bits per heavy atom. The zero-order chi connectivity index (χ0) is 27.0. The number of alkyl carbamates (subject to hydrolysis) is 1. The molecule has 2 fully saturated rings. The number of hydrogen-bond acceptors (Lipinski definition) is 6. The van der Waals surface area contributed by atoms with Gasteiger partial charge in [0.05, 0.1) is 17.5 Å². The molecule has 2 aliphatic rings. The predicted molar refractivity (Wildman–Crippen MR) is 148 cm³/mol. The van der Waals surface area contributed by atoms with Crippen LogP contribution in [0.5, 0.6) is 0 Å². The number of ether oxygens (including phenoxy) is 1. The van der Waals surface area contributed by atoms with Crippen molar-refractivity contribution >= 4 is 44.5 Å². The molecule has 1 N–H and O–H groups in total. The summed E-state index contributed by atoms with van der Waals surface area (Å²) in [5, 5.41) is 2.92. The highest BCUT2D eigenvalue weighted by Gasteiger charge is 2.50. The fraction of sp³-hybridized carbons (Fsp3) is 0.444. The van der Waals surface area contributed by atoms with Gasteiger partial charge in [0.15, 0.2) is 15.0 Å². The molecule has 2 heterocycles. The van der Waals surface area contributed by atoms with Crippen LogP contribution in [0.2, 0.25) is 0 Å². The average molecular weight is 544 g/mol. The van der Waals surface area contributed by atoms with Crippen LogP contribution in [0, 0.1) is 13.8 Å². The first-order valence-corrected chi connectivity index (χ1v) is 14.9. The van der Waals surface area contributed by atoms with Crippen LogP contribution in [0.15, 0.2) is 53.5 Å². The molecule has 0 aliphatic carbocycles. The molecule has 3 atom stereocenters. The number of nitrogens with zero attached hydrogens (tertiary/aromatic N) is 2. The number of hydrogen-bond donors (Lipinski definition) is 1. The van der Waals surface area contributed by atoms with E-state index in [1.165, 1.54) is 11.8 Å². The third-order valence-corrected chi connectivity index (χ3v) is 9.59. The van der Waals surface area contributed by atoms with Crippen LogP contribution < -0.4 is 10.2 Å². The topological polar surface area (TPSA) is 105 Å². The summed E-state index contributed by atoms with van der Waals surface area (Å²) in [5.74, 6) is -0.467. The van der Waals surface area contributed by atoms with Crippen molar-refractivity contribution in [1.82, 2.24) is 5.32 Å². The predicted octanol–water partition coefficient (Wildman–Crippen LogP) is 4.04. The molecule has 4 rings (SSSR count). The number of rotatable bonds is 5. The Bertz CT molecular complexity index is 1320. The van der Waals surface area contributed by atoms with Crippen molar-refractivity contribution in [3.05, 3.63) is 65.2 Å². The Labute approximate surface area is 222 Å². The Balaban J connectivity index is 1.68. The SMILES string of the molecule is Cc1cccc(N2C(=NC(=O)[C@@H](Cc3ccccc3)NC(=O)OC(C)(C)C)S[C@H]3CS(=O)(=O)C[C@H]32)c1C. The maximum absolute atomic E-state index is 13.6. The monoisotopic (exact) mass is 543 g/mol. The lowest BCUT2D eigenvalue weighted by atomic mass is 10.1. The van der Waals surface area contributed by atoms with E-state index in [4.69, 9.17) is 4.74 Å². The number of aryl methyl sites for hydroxylation is 1. The van der Waals surface area contributed by atoms with E-state index in [2.05, 4.69) is 10.3 Å². The lowest BCUT2D eigenvalue weighted by molar-refractivity contribution is -0.119. The van der Waals surface area contributed by atoms with Crippen molar-refractivity contribution in [1.29, 1.82) is 0 Å². The molecule has 0 saturated carbocycles. The van der Waals surface area contributed by atoms with Crippen molar-refractivity contribution in [2.75, 3.05) is 16.4 Å². The summed E-state index contributed by atoms with van der Waals surface area (Å²) in [6.07, 6.45) is -0.458. The lowest BCUT2D eigenvalue weighted by Crippen LogP contribution is -2.45. The molecule has 2 amide bonds. The van der Waals surface area contributed by atoms with Gasteiger partial charge in [0, 0.05) is 17.4 Å². The van der Waals surface area contributed by atoms with Gasteiger partial charge in [0.2, 0.25) is 0 Å². The van der Waals surface area contributed by atoms with Gasteiger partial charge in [-0.1, -0.05) is 54.2 Å². The third kappa shape index (κ3) is 6.54. The largest absolute Gasteiger partial charge is 0.444 e. The molecule has 0 radical (unpaired) electrons. The number of thioether (sulfide) groups is 1.